The fourth-order valence-corrected chi connectivity index (χ4v) is 1.72. The van der Waals surface area contributed by atoms with Crippen molar-refractivity contribution in [3.63, 3.8) is 0 Å². The number of nitrogens with one attached hydrogen (secondary N) is 2. The Morgan fingerprint density at radius 2 is 2.00 bits per heavy atom. The highest BCUT2D eigenvalue weighted by atomic mass is 16.2. The minimum atomic E-state index is -0.172. The SMILES string of the molecule is CCCNC(=O)c1ccccc1NC(=O)CC(C)CN. The van der Waals surface area contributed by atoms with E-state index in [1.165, 1.54) is 0 Å². The average molecular weight is 277 g/mol. The van der Waals surface area contributed by atoms with Crippen LogP contribution in [0.1, 0.15) is 37.0 Å². The maximum atomic E-state index is 12.0. The van der Waals surface area contributed by atoms with E-state index in [4.69, 9.17) is 5.73 Å². The highest BCUT2D eigenvalue weighted by Gasteiger charge is 2.13. The second kappa shape index (κ2) is 8.32. The first-order valence-corrected chi connectivity index (χ1v) is 6.95. The van der Waals surface area contributed by atoms with Crippen molar-refractivity contribution in [3.05, 3.63) is 29.8 Å². The largest absolute Gasteiger partial charge is 0.352 e. The number of anilines is 1. The van der Waals surface area contributed by atoms with Crippen LogP contribution in [-0.4, -0.2) is 24.9 Å². The van der Waals surface area contributed by atoms with Crippen LogP contribution in [0, 0.1) is 5.92 Å². The molecule has 0 aromatic heterocycles. The van der Waals surface area contributed by atoms with Gasteiger partial charge in [0.15, 0.2) is 0 Å². The van der Waals surface area contributed by atoms with Crippen molar-refractivity contribution in [2.45, 2.75) is 26.7 Å². The first-order chi connectivity index (χ1) is 9.58. The molecule has 1 aromatic carbocycles. The second-order valence-corrected chi connectivity index (χ2v) is 4.89. The summed E-state index contributed by atoms with van der Waals surface area (Å²) >= 11 is 0. The molecule has 0 bridgehead atoms. The zero-order chi connectivity index (χ0) is 15.0. The van der Waals surface area contributed by atoms with Gasteiger partial charge in [-0.1, -0.05) is 26.0 Å². The fourth-order valence-electron chi connectivity index (χ4n) is 1.72. The van der Waals surface area contributed by atoms with E-state index in [-0.39, 0.29) is 17.7 Å². The van der Waals surface area contributed by atoms with Crippen LogP contribution < -0.4 is 16.4 Å². The molecule has 0 radical (unpaired) electrons. The summed E-state index contributed by atoms with van der Waals surface area (Å²) in [4.78, 5) is 23.9. The van der Waals surface area contributed by atoms with Gasteiger partial charge in [0.1, 0.15) is 0 Å². The maximum absolute atomic E-state index is 12.0. The van der Waals surface area contributed by atoms with E-state index in [0.29, 0.717) is 30.8 Å². The molecule has 0 saturated heterocycles. The van der Waals surface area contributed by atoms with Gasteiger partial charge in [0, 0.05) is 13.0 Å². The highest BCUT2D eigenvalue weighted by molar-refractivity contribution is 6.03. The molecular formula is C15H23N3O2. The molecular weight excluding hydrogens is 254 g/mol. The van der Waals surface area contributed by atoms with Gasteiger partial charge in [0.25, 0.3) is 5.91 Å². The molecule has 1 unspecified atom stereocenters. The molecule has 0 aliphatic carbocycles. The Kier molecular flexibility index (Phi) is 6.73. The topological polar surface area (TPSA) is 84.2 Å². The summed E-state index contributed by atoms with van der Waals surface area (Å²) in [5.74, 6) is -0.176. The molecule has 0 aliphatic rings. The van der Waals surface area contributed by atoms with Crippen LogP contribution in [0.25, 0.3) is 0 Å². The van der Waals surface area contributed by atoms with Gasteiger partial charge in [0.2, 0.25) is 5.91 Å². The van der Waals surface area contributed by atoms with Gasteiger partial charge in [-0.3, -0.25) is 9.59 Å². The van der Waals surface area contributed by atoms with Gasteiger partial charge in [0.05, 0.1) is 11.3 Å². The summed E-state index contributed by atoms with van der Waals surface area (Å²) in [5, 5.41) is 5.58. The van der Waals surface area contributed by atoms with E-state index < -0.39 is 0 Å². The molecule has 0 saturated carbocycles. The predicted molar refractivity (Wildman–Crippen MR) is 80.5 cm³/mol. The minimum Gasteiger partial charge on any atom is -0.352 e. The molecule has 0 spiro atoms. The molecule has 0 fully saturated rings. The van der Waals surface area contributed by atoms with Crippen molar-refractivity contribution in [3.8, 4) is 0 Å². The molecule has 0 aliphatic heterocycles. The Morgan fingerprint density at radius 3 is 2.65 bits per heavy atom. The predicted octanol–water partition coefficient (Wildman–Crippen LogP) is 1.75. The van der Waals surface area contributed by atoms with Crippen molar-refractivity contribution in [2.75, 3.05) is 18.4 Å². The third-order valence-electron chi connectivity index (χ3n) is 2.92. The molecule has 0 heterocycles. The molecule has 1 rings (SSSR count). The molecule has 5 nitrogen and oxygen atoms in total. The summed E-state index contributed by atoms with van der Waals surface area (Å²) in [6.07, 6.45) is 1.22. The number of nitrogens with two attached hydrogens (primary N) is 1. The van der Waals surface area contributed by atoms with E-state index in [1.807, 2.05) is 13.8 Å². The first kappa shape index (κ1) is 16.2. The monoisotopic (exact) mass is 277 g/mol. The second-order valence-electron chi connectivity index (χ2n) is 4.89. The zero-order valence-electron chi connectivity index (χ0n) is 12.1. The van der Waals surface area contributed by atoms with Gasteiger partial charge >= 0.3 is 0 Å². The van der Waals surface area contributed by atoms with Crippen molar-refractivity contribution in [1.82, 2.24) is 5.32 Å². The Labute approximate surface area is 119 Å². The Balaban J connectivity index is 2.75. The molecule has 2 amide bonds. The summed E-state index contributed by atoms with van der Waals surface area (Å²) in [6, 6.07) is 7.00. The Bertz CT molecular complexity index is 460. The molecule has 20 heavy (non-hydrogen) atoms. The smallest absolute Gasteiger partial charge is 0.253 e. The minimum absolute atomic E-state index is 0.121. The van der Waals surface area contributed by atoms with Crippen LogP contribution in [0.15, 0.2) is 24.3 Å². The number of hydrogen-bond donors (Lipinski definition) is 3. The van der Waals surface area contributed by atoms with Gasteiger partial charge in [-0.2, -0.15) is 0 Å². The van der Waals surface area contributed by atoms with Crippen molar-refractivity contribution >= 4 is 17.5 Å². The third-order valence-corrected chi connectivity index (χ3v) is 2.92. The summed E-state index contributed by atoms with van der Waals surface area (Å²) < 4.78 is 0. The molecule has 1 atom stereocenters. The van der Waals surface area contributed by atoms with Gasteiger partial charge in [-0.05, 0) is 31.0 Å². The van der Waals surface area contributed by atoms with E-state index in [9.17, 15) is 9.59 Å². The normalized spacial score (nSPS) is 11.8. The van der Waals surface area contributed by atoms with Crippen LogP contribution >= 0.6 is 0 Å². The van der Waals surface area contributed by atoms with Crippen molar-refractivity contribution in [1.29, 1.82) is 0 Å². The summed E-state index contributed by atoms with van der Waals surface area (Å²) in [6.45, 7) is 4.99. The van der Waals surface area contributed by atoms with E-state index in [2.05, 4.69) is 10.6 Å². The molecule has 5 heteroatoms. The van der Waals surface area contributed by atoms with Crippen LogP contribution in [0.3, 0.4) is 0 Å². The van der Waals surface area contributed by atoms with E-state index >= 15 is 0 Å². The lowest BCUT2D eigenvalue weighted by atomic mass is 10.1. The molecule has 110 valence electrons. The lowest BCUT2D eigenvalue weighted by Crippen LogP contribution is -2.26. The molecule has 4 N–H and O–H groups in total. The van der Waals surface area contributed by atoms with Gasteiger partial charge in [-0.25, -0.2) is 0 Å². The van der Waals surface area contributed by atoms with Gasteiger partial charge in [-0.15, -0.1) is 0 Å². The van der Waals surface area contributed by atoms with Crippen LogP contribution in [0.5, 0.6) is 0 Å². The number of carbonyl (C=O) groups excluding carboxylic acids is 2. The van der Waals surface area contributed by atoms with Crippen molar-refractivity contribution < 1.29 is 9.59 Å². The number of benzene rings is 1. The lowest BCUT2D eigenvalue weighted by Gasteiger charge is -2.12. The van der Waals surface area contributed by atoms with Crippen molar-refractivity contribution in [2.24, 2.45) is 11.7 Å². The van der Waals surface area contributed by atoms with E-state index in [0.717, 1.165) is 6.42 Å². The quantitative estimate of drug-likeness (QED) is 0.710. The number of para-hydroxylation sites is 1. The lowest BCUT2D eigenvalue weighted by molar-refractivity contribution is -0.116. The van der Waals surface area contributed by atoms with Crippen LogP contribution in [0.2, 0.25) is 0 Å². The van der Waals surface area contributed by atoms with E-state index in [1.54, 1.807) is 24.3 Å². The number of hydrogen-bond acceptors (Lipinski definition) is 3. The van der Waals surface area contributed by atoms with Crippen LogP contribution in [0.4, 0.5) is 5.69 Å². The third kappa shape index (κ3) is 5.01. The average Bonchev–Trinajstić information content (AvgIpc) is 2.45. The number of rotatable bonds is 7. The number of carbonyl (C=O) groups is 2. The first-order valence-electron chi connectivity index (χ1n) is 6.95. The summed E-state index contributed by atoms with van der Waals surface area (Å²) in [5.41, 5.74) is 6.52. The van der Waals surface area contributed by atoms with Crippen LogP contribution in [-0.2, 0) is 4.79 Å². The zero-order valence-corrected chi connectivity index (χ0v) is 12.1. The number of amides is 2. The Hall–Kier alpha value is -1.88. The Morgan fingerprint density at radius 1 is 1.30 bits per heavy atom. The standard InChI is InChI=1S/C15H23N3O2/c1-3-8-17-15(20)12-6-4-5-7-13(12)18-14(19)9-11(2)10-16/h4-7,11H,3,8-10,16H2,1-2H3,(H,17,20)(H,18,19). The maximum Gasteiger partial charge on any atom is 0.253 e. The highest BCUT2D eigenvalue weighted by Crippen LogP contribution is 2.16. The van der Waals surface area contributed by atoms with Gasteiger partial charge < -0.3 is 16.4 Å². The molecule has 1 aromatic rings. The summed E-state index contributed by atoms with van der Waals surface area (Å²) in [7, 11) is 0. The fraction of sp³-hybridized carbons (Fsp3) is 0.467.